The van der Waals surface area contributed by atoms with E-state index in [9.17, 15) is 15.0 Å². The van der Waals surface area contributed by atoms with Gasteiger partial charge >= 0.3 is 0 Å². The molecule has 4 aliphatic rings. The van der Waals surface area contributed by atoms with Crippen molar-refractivity contribution in [3.63, 3.8) is 0 Å². The van der Waals surface area contributed by atoms with Gasteiger partial charge in [0.05, 0.1) is 12.2 Å². The Hall–Kier alpha value is -1.23. The van der Waals surface area contributed by atoms with Crippen LogP contribution < -0.4 is 0 Å². The predicted molar refractivity (Wildman–Crippen MR) is 118 cm³/mol. The molecular weight excluding hydrogens is 376 g/mol. The monoisotopic (exact) mass is 414 g/mol. The van der Waals surface area contributed by atoms with Crippen LogP contribution in [0.5, 0.6) is 0 Å². The van der Waals surface area contributed by atoms with Crippen molar-refractivity contribution in [1.29, 1.82) is 0 Å². The summed E-state index contributed by atoms with van der Waals surface area (Å²) < 4.78 is 5.48. The Kier molecular flexibility index (Phi) is 6.13. The summed E-state index contributed by atoms with van der Waals surface area (Å²) in [4.78, 5) is 13.1. The van der Waals surface area contributed by atoms with Crippen LogP contribution in [0.4, 0.5) is 0 Å². The highest BCUT2D eigenvalue weighted by Crippen LogP contribution is 2.62. The molecule has 0 radical (unpaired) electrons. The van der Waals surface area contributed by atoms with E-state index in [1.54, 1.807) is 14.0 Å². The van der Waals surface area contributed by atoms with Gasteiger partial charge < -0.3 is 14.9 Å². The summed E-state index contributed by atoms with van der Waals surface area (Å²) in [5.74, 6) is 1.46. The Morgan fingerprint density at radius 3 is 2.80 bits per heavy atom. The molecule has 2 fully saturated rings. The lowest BCUT2D eigenvalue weighted by atomic mass is 9.58. The minimum absolute atomic E-state index is 0.0505. The summed E-state index contributed by atoms with van der Waals surface area (Å²) in [6.45, 7) is 6.38. The fourth-order valence-corrected chi connectivity index (χ4v) is 7.07. The zero-order valence-electron chi connectivity index (χ0n) is 18.9. The van der Waals surface area contributed by atoms with Gasteiger partial charge in [0.1, 0.15) is 6.10 Å². The topological polar surface area (TPSA) is 66.8 Å². The number of rotatable bonds is 4. The van der Waals surface area contributed by atoms with E-state index < -0.39 is 6.10 Å². The smallest absolute Gasteiger partial charge is 0.159 e. The highest BCUT2D eigenvalue weighted by molar-refractivity contribution is 5.93. The molecule has 166 valence electrons. The number of aliphatic hydroxyl groups is 2. The van der Waals surface area contributed by atoms with E-state index in [-0.39, 0.29) is 29.3 Å². The van der Waals surface area contributed by atoms with E-state index >= 15 is 0 Å². The highest BCUT2D eigenvalue weighted by atomic mass is 16.5. The van der Waals surface area contributed by atoms with Crippen molar-refractivity contribution >= 4 is 5.78 Å². The number of hydrogen-bond acceptors (Lipinski definition) is 4. The van der Waals surface area contributed by atoms with Crippen LogP contribution >= 0.6 is 0 Å². The van der Waals surface area contributed by atoms with Crippen LogP contribution in [0.1, 0.15) is 65.7 Å². The molecule has 2 bridgehead atoms. The van der Waals surface area contributed by atoms with Crippen LogP contribution in [0.2, 0.25) is 0 Å². The maximum Gasteiger partial charge on any atom is 0.159 e. The molecule has 0 aromatic heterocycles. The number of hydrogen-bond donors (Lipinski definition) is 2. The van der Waals surface area contributed by atoms with Gasteiger partial charge in [0.15, 0.2) is 5.78 Å². The second-order valence-corrected chi connectivity index (χ2v) is 10.5. The molecule has 30 heavy (non-hydrogen) atoms. The van der Waals surface area contributed by atoms with Crippen LogP contribution in [0.15, 0.2) is 34.9 Å². The molecule has 0 aromatic carbocycles. The van der Waals surface area contributed by atoms with Crippen LogP contribution in [0.25, 0.3) is 0 Å². The maximum atomic E-state index is 13.1. The van der Waals surface area contributed by atoms with Gasteiger partial charge in [-0.1, -0.05) is 35.8 Å². The molecule has 0 unspecified atom stereocenters. The number of ketones is 1. The Labute approximate surface area is 181 Å². The van der Waals surface area contributed by atoms with Gasteiger partial charge in [-0.15, -0.1) is 0 Å². The van der Waals surface area contributed by atoms with E-state index in [2.05, 4.69) is 26.0 Å². The van der Waals surface area contributed by atoms with Gasteiger partial charge in [-0.25, -0.2) is 0 Å². The van der Waals surface area contributed by atoms with Gasteiger partial charge in [-0.05, 0) is 82.1 Å². The van der Waals surface area contributed by atoms with E-state index in [1.165, 1.54) is 16.7 Å². The van der Waals surface area contributed by atoms with Crippen LogP contribution in [-0.2, 0) is 9.53 Å². The largest absolute Gasteiger partial charge is 0.393 e. The lowest BCUT2D eigenvalue weighted by molar-refractivity contribution is -0.119. The molecule has 0 heterocycles. The molecule has 4 aliphatic carbocycles. The SMILES string of the molecule is CO[C@@H](/C=C(\C)[C@@H]1CC[C@H]2C3=CC(=O)[C@H]4CC(=CC[C@H](O)C4)[C@H]3CC[C@@]21C)[C@H](C)O. The Morgan fingerprint density at radius 2 is 2.10 bits per heavy atom. The molecule has 8 atom stereocenters. The molecule has 0 aliphatic heterocycles. The number of carbonyl (C=O) groups is 1. The third kappa shape index (κ3) is 3.76. The van der Waals surface area contributed by atoms with E-state index in [0.717, 1.165) is 32.1 Å². The lowest BCUT2D eigenvalue weighted by Crippen LogP contribution is -2.38. The van der Waals surface area contributed by atoms with Crippen molar-refractivity contribution in [2.24, 2.45) is 29.1 Å². The second-order valence-electron chi connectivity index (χ2n) is 10.5. The quantitative estimate of drug-likeness (QED) is 0.671. The first-order chi connectivity index (χ1) is 14.2. The molecular formula is C26H38O4. The second kappa shape index (κ2) is 8.37. The van der Waals surface area contributed by atoms with Crippen molar-refractivity contribution in [2.45, 2.75) is 84.0 Å². The third-order valence-corrected chi connectivity index (χ3v) is 8.69. The summed E-state index contributed by atoms with van der Waals surface area (Å²) in [5, 5.41) is 20.2. The molecule has 2 saturated carbocycles. The number of methoxy groups -OCH3 is 1. The van der Waals surface area contributed by atoms with Crippen molar-refractivity contribution in [3.8, 4) is 0 Å². The normalized spacial score (nSPS) is 41.1. The van der Waals surface area contributed by atoms with Gasteiger partial charge in [-0.3, -0.25) is 4.79 Å². The van der Waals surface area contributed by atoms with Crippen molar-refractivity contribution in [3.05, 3.63) is 34.9 Å². The molecule has 0 saturated heterocycles. The first kappa shape index (κ1) is 22.0. The molecule has 0 spiro atoms. The summed E-state index contributed by atoms with van der Waals surface area (Å²) in [6.07, 6.45) is 11.8. The van der Waals surface area contributed by atoms with Gasteiger partial charge in [-0.2, -0.15) is 0 Å². The van der Waals surface area contributed by atoms with Gasteiger partial charge in [0, 0.05) is 18.9 Å². The minimum atomic E-state index is -0.529. The molecule has 0 amide bonds. The highest BCUT2D eigenvalue weighted by Gasteiger charge is 2.53. The lowest BCUT2D eigenvalue weighted by Gasteiger charge is -2.46. The van der Waals surface area contributed by atoms with Crippen LogP contribution in [-0.4, -0.2) is 41.4 Å². The molecule has 4 heteroatoms. The Balaban J connectivity index is 1.65. The molecule has 4 rings (SSSR count). The molecule has 4 nitrogen and oxygen atoms in total. The minimum Gasteiger partial charge on any atom is -0.393 e. The van der Waals surface area contributed by atoms with Crippen molar-refractivity contribution < 1.29 is 19.7 Å². The molecule has 2 N–H and O–H groups in total. The fourth-order valence-electron chi connectivity index (χ4n) is 7.07. The Bertz CT molecular complexity index is 776. The number of fused-ring (bicyclic) bond motifs is 6. The summed E-state index contributed by atoms with van der Waals surface area (Å²) in [7, 11) is 1.65. The number of allylic oxidation sites excluding steroid dienone is 4. The predicted octanol–water partition coefficient (Wildman–Crippen LogP) is 4.37. The van der Waals surface area contributed by atoms with Gasteiger partial charge in [0.2, 0.25) is 0 Å². The molecule has 0 aromatic rings. The first-order valence-corrected chi connectivity index (χ1v) is 11.8. The summed E-state index contributed by atoms with van der Waals surface area (Å²) in [6, 6.07) is 0. The third-order valence-electron chi connectivity index (χ3n) is 8.69. The standard InChI is InChI=1S/C26H38O4/c1-15(11-25(30-4)16(2)27)22-7-8-23-21-14-24(29)18-12-17(5-6-19(28)13-18)20(21)9-10-26(22,23)3/h5,11,14,16,18-20,22-23,25,27-28H,6-10,12-13H2,1-4H3/b15-11+/t16-,18-,19-,20+,22-,23-,25-,26+/m0/s1. The van der Waals surface area contributed by atoms with E-state index in [0.29, 0.717) is 30.6 Å². The zero-order chi connectivity index (χ0) is 21.6. The van der Waals surface area contributed by atoms with Gasteiger partial charge in [0.25, 0.3) is 0 Å². The zero-order valence-corrected chi connectivity index (χ0v) is 18.9. The number of aliphatic hydroxyl groups excluding tert-OH is 2. The average molecular weight is 415 g/mol. The summed E-state index contributed by atoms with van der Waals surface area (Å²) >= 11 is 0. The number of ether oxygens (including phenoxy) is 1. The maximum absolute atomic E-state index is 13.1. The van der Waals surface area contributed by atoms with Crippen molar-refractivity contribution in [2.75, 3.05) is 7.11 Å². The summed E-state index contributed by atoms with van der Waals surface area (Å²) in [5.41, 5.74) is 4.23. The fraction of sp³-hybridized carbons (Fsp3) is 0.731. The Morgan fingerprint density at radius 1 is 1.33 bits per heavy atom. The van der Waals surface area contributed by atoms with E-state index in [1.807, 2.05) is 6.08 Å². The first-order valence-electron chi connectivity index (χ1n) is 11.8. The average Bonchev–Trinajstić information content (AvgIpc) is 2.84. The van der Waals surface area contributed by atoms with Crippen LogP contribution in [0.3, 0.4) is 0 Å². The van der Waals surface area contributed by atoms with Crippen molar-refractivity contribution in [1.82, 2.24) is 0 Å². The van der Waals surface area contributed by atoms with E-state index in [4.69, 9.17) is 4.74 Å². The van der Waals surface area contributed by atoms with Crippen LogP contribution in [0, 0.1) is 29.1 Å². The number of carbonyl (C=O) groups excluding carboxylic acids is 1.